The molecule has 1 aromatic rings. The van der Waals surface area contributed by atoms with Crippen LogP contribution in [0.15, 0.2) is 18.2 Å². The molecule has 0 amide bonds. The maximum absolute atomic E-state index is 13.4. The lowest BCUT2D eigenvalue weighted by molar-refractivity contribution is 0.0595. The van der Waals surface area contributed by atoms with E-state index in [0.29, 0.717) is 0 Å². The molecule has 0 heterocycles. The number of hydrogen-bond donors (Lipinski definition) is 1. The Hall–Kier alpha value is -1.34. The summed E-state index contributed by atoms with van der Waals surface area (Å²) in [6.45, 7) is 1.69. The van der Waals surface area contributed by atoms with Crippen LogP contribution in [0.2, 0.25) is 0 Å². The summed E-state index contributed by atoms with van der Waals surface area (Å²) in [4.78, 5) is 11.3. The van der Waals surface area contributed by atoms with Crippen LogP contribution in [0.4, 0.5) is 10.1 Å². The van der Waals surface area contributed by atoms with Crippen molar-refractivity contribution in [3.63, 3.8) is 0 Å². The number of ether oxygens (including phenoxy) is 1. The molecule has 0 spiro atoms. The van der Waals surface area contributed by atoms with Crippen molar-refractivity contribution >= 4 is 33.3 Å². The van der Waals surface area contributed by atoms with E-state index in [0.717, 1.165) is 19.2 Å². The zero-order chi connectivity index (χ0) is 15.3. The standard InChI is InChI=1S/C12H15ClFNO4S/c1-8(6-13)7-20(17,18)15-9-3-4-11(14)10(5-9)12(16)19-2/h3-5,8,15H,6-7H2,1-2H3. The Morgan fingerprint density at radius 3 is 2.70 bits per heavy atom. The predicted octanol–water partition coefficient (Wildman–Crippen LogP) is 2.23. The van der Waals surface area contributed by atoms with Gasteiger partial charge in [0.05, 0.1) is 18.4 Å². The summed E-state index contributed by atoms with van der Waals surface area (Å²) in [5.74, 6) is -1.85. The molecule has 1 atom stereocenters. The maximum atomic E-state index is 13.4. The van der Waals surface area contributed by atoms with Crippen molar-refractivity contribution in [2.45, 2.75) is 6.92 Å². The van der Waals surface area contributed by atoms with Crippen LogP contribution in [-0.2, 0) is 14.8 Å². The Morgan fingerprint density at radius 1 is 1.50 bits per heavy atom. The zero-order valence-corrected chi connectivity index (χ0v) is 12.6. The number of esters is 1. The Labute approximate surface area is 122 Å². The lowest BCUT2D eigenvalue weighted by Crippen LogP contribution is -2.22. The second-order valence-electron chi connectivity index (χ2n) is 4.33. The third-order valence-electron chi connectivity index (χ3n) is 2.41. The lowest BCUT2D eigenvalue weighted by atomic mass is 10.2. The molecule has 0 radical (unpaired) electrons. The molecule has 0 aliphatic rings. The number of rotatable bonds is 6. The number of halogens is 2. The van der Waals surface area contributed by atoms with Crippen LogP contribution in [0.25, 0.3) is 0 Å². The van der Waals surface area contributed by atoms with Gasteiger partial charge < -0.3 is 4.74 Å². The molecule has 1 rings (SSSR count). The predicted molar refractivity (Wildman–Crippen MR) is 75.0 cm³/mol. The zero-order valence-electron chi connectivity index (χ0n) is 11.0. The van der Waals surface area contributed by atoms with Gasteiger partial charge in [-0.25, -0.2) is 17.6 Å². The van der Waals surface area contributed by atoms with Crippen LogP contribution in [0, 0.1) is 11.7 Å². The molecule has 1 N–H and O–H groups in total. The van der Waals surface area contributed by atoms with Crippen molar-refractivity contribution in [3.05, 3.63) is 29.6 Å². The van der Waals surface area contributed by atoms with Gasteiger partial charge >= 0.3 is 5.97 Å². The largest absolute Gasteiger partial charge is 0.465 e. The fourth-order valence-electron chi connectivity index (χ4n) is 1.50. The first kappa shape index (κ1) is 16.7. The molecule has 20 heavy (non-hydrogen) atoms. The van der Waals surface area contributed by atoms with Gasteiger partial charge in [0.25, 0.3) is 0 Å². The van der Waals surface area contributed by atoms with Gasteiger partial charge in [-0.3, -0.25) is 4.72 Å². The number of nitrogens with one attached hydrogen (secondary N) is 1. The average Bonchev–Trinajstić information content (AvgIpc) is 2.39. The minimum Gasteiger partial charge on any atom is -0.465 e. The van der Waals surface area contributed by atoms with Gasteiger partial charge in [-0.2, -0.15) is 0 Å². The van der Waals surface area contributed by atoms with Gasteiger partial charge in [-0.05, 0) is 24.1 Å². The highest BCUT2D eigenvalue weighted by atomic mass is 35.5. The van der Waals surface area contributed by atoms with E-state index in [1.54, 1.807) is 6.92 Å². The van der Waals surface area contributed by atoms with Crippen molar-refractivity contribution < 1.29 is 22.3 Å². The van der Waals surface area contributed by atoms with Crippen molar-refractivity contribution in [2.24, 2.45) is 5.92 Å². The first-order valence-corrected chi connectivity index (χ1v) is 7.92. The van der Waals surface area contributed by atoms with Crippen molar-refractivity contribution in [1.82, 2.24) is 0 Å². The van der Waals surface area contributed by atoms with Gasteiger partial charge in [0.15, 0.2) is 0 Å². The molecular weight excluding hydrogens is 309 g/mol. The SMILES string of the molecule is COC(=O)c1cc(NS(=O)(=O)CC(C)CCl)ccc1F. The summed E-state index contributed by atoms with van der Waals surface area (Å²) in [5.41, 5.74) is -0.244. The fraction of sp³-hybridized carbons (Fsp3) is 0.417. The van der Waals surface area contributed by atoms with Gasteiger partial charge in [-0.1, -0.05) is 6.92 Å². The Bertz CT molecular complexity index is 591. The van der Waals surface area contributed by atoms with Crippen LogP contribution in [-0.4, -0.2) is 33.1 Å². The fourth-order valence-corrected chi connectivity index (χ4v) is 3.17. The van der Waals surface area contributed by atoms with Gasteiger partial charge in [0, 0.05) is 11.6 Å². The number of methoxy groups -OCH3 is 1. The molecule has 0 saturated carbocycles. The highest BCUT2D eigenvalue weighted by molar-refractivity contribution is 7.92. The molecule has 0 bridgehead atoms. The van der Waals surface area contributed by atoms with E-state index in [-0.39, 0.29) is 28.8 Å². The average molecular weight is 324 g/mol. The number of alkyl halides is 1. The second-order valence-corrected chi connectivity index (χ2v) is 6.40. The normalized spacial score (nSPS) is 12.8. The number of benzene rings is 1. The van der Waals surface area contributed by atoms with Crippen LogP contribution < -0.4 is 4.72 Å². The highest BCUT2D eigenvalue weighted by Gasteiger charge is 2.18. The lowest BCUT2D eigenvalue weighted by Gasteiger charge is -2.12. The summed E-state index contributed by atoms with van der Waals surface area (Å²) in [6.07, 6.45) is 0. The molecule has 1 aromatic carbocycles. The number of carbonyl (C=O) groups excluding carboxylic acids is 1. The van der Waals surface area contributed by atoms with Gasteiger partial charge in [0.2, 0.25) is 10.0 Å². The van der Waals surface area contributed by atoms with E-state index in [2.05, 4.69) is 9.46 Å². The Balaban J connectivity index is 2.96. The topological polar surface area (TPSA) is 72.5 Å². The Kier molecular flexibility index (Phi) is 5.76. The minimum atomic E-state index is -3.62. The molecule has 0 saturated heterocycles. The summed E-state index contributed by atoms with van der Waals surface area (Å²) in [6, 6.07) is 3.31. The van der Waals surface area contributed by atoms with E-state index >= 15 is 0 Å². The molecule has 0 fully saturated rings. The van der Waals surface area contributed by atoms with Crippen LogP contribution >= 0.6 is 11.6 Å². The Morgan fingerprint density at radius 2 is 2.15 bits per heavy atom. The number of hydrogen-bond acceptors (Lipinski definition) is 4. The molecule has 8 heteroatoms. The monoisotopic (exact) mass is 323 g/mol. The van der Waals surface area contributed by atoms with E-state index < -0.39 is 21.8 Å². The molecule has 1 unspecified atom stereocenters. The third kappa shape index (κ3) is 4.64. The van der Waals surface area contributed by atoms with Gasteiger partial charge in [0.1, 0.15) is 5.82 Å². The van der Waals surface area contributed by atoms with E-state index in [1.807, 2.05) is 0 Å². The highest BCUT2D eigenvalue weighted by Crippen LogP contribution is 2.17. The summed E-state index contributed by atoms with van der Waals surface area (Å²) >= 11 is 5.56. The van der Waals surface area contributed by atoms with E-state index in [1.165, 1.54) is 6.07 Å². The first-order chi connectivity index (χ1) is 9.29. The van der Waals surface area contributed by atoms with Crippen LogP contribution in [0.5, 0.6) is 0 Å². The summed E-state index contributed by atoms with van der Waals surface area (Å²) in [7, 11) is -2.51. The van der Waals surface area contributed by atoms with Crippen molar-refractivity contribution in [1.29, 1.82) is 0 Å². The second kappa shape index (κ2) is 6.90. The molecule has 0 aliphatic carbocycles. The van der Waals surface area contributed by atoms with Gasteiger partial charge in [-0.15, -0.1) is 11.6 Å². The minimum absolute atomic E-state index is 0.0913. The maximum Gasteiger partial charge on any atom is 0.340 e. The van der Waals surface area contributed by atoms with E-state index in [4.69, 9.17) is 11.6 Å². The van der Waals surface area contributed by atoms with Crippen LogP contribution in [0.1, 0.15) is 17.3 Å². The smallest absolute Gasteiger partial charge is 0.340 e. The number of anilines is 1. The molecule has 5 nitrogen and oxygen atoms in total. The van der Waals surface area contributed by atoms with Crippen molar-refractivity contribution in [3.8, 4) is 0 Å². The van der Waals surface area contributed by atoms with Crippen molar-refractivity contribution in [2.75, 3.05) is 23.5 Å². The van der Waals surface area contributed by atoms with E-state index in [9.17, 15) is 17.6 Å². The third-order valence-corrected chi connectivity index (χ3v) is 4.49. The number of sulfonamides is 1. The first-order valence-electron chi connectivity index (χ1n) is 5.73. The van der Waals surface area contributed by atoms with Crippen LogP contribution in [0.3, 0.4) is 0 Å². The summed E-state index contributed by atoms with van der Waals surface area (Å²) < 4.78 is 43.7. The molecule has 112 valence electrons. The molecule has 0 aromatic heterocycles. The summed E-state index contributed by atoms with van der Waals surface area (Å²) in [5, 5.41) is 0. The molecule has 0 aliphatic heterocycles. The quantitative estimate of drug-likeness (QED) is 0.643. The number of carbonyl (C=O) groups is 1. The molecular formula is C12H15ClFNO4S.